The number of hydrogen-bond acceptors (Lipinski definition) is 3. The Morgan fingerprint density at radius 1 is 1.12 bits per heavy atom. The molecular formula is C20H19FN2OS. The minimum atomic E-state index is -0.215. The fourth-order valence-corrected chi connectivity index (χ4v) is 4.01. The van der Waals surface area contributed by atoms with E-state index in [2.05, 4.69) is 4.57 Å². The summed E-state index contributed by atoms with van der Waals surface area (Å²) in [6.45, 7) is 1.49. The van der Waals surface area contributed by atoms with Gasteiger partial charge in [-0.3, -0.25) is 0 Å². The van der Waals surface area contributed by atoms with Gasteiger partial charge in [-0.2, -0.15) is 0 Å². The number of hydrogen-bond donors (Lipinski definition) is 0. The lowest BCUT2D eigenvalue weighted by Crippen LogP contribution is -2.24. The summed E-state index contributed by atoms with van der Waals surface area (Å²) in [5.41, 5.74) is 2.35. The number of aromatic nitrogens is 1. The Morgan fingerprint density at radius 2 is 1.92 bits per heavy atom. The molecule has 5 heteroatoms. The molecule has 0 spiro atoms. The summed E-state index contributed by atoms with van der Waals surface area (Å²) >= 11 is 1.53. The zero-order valence-corrected chi connectivity index (χ0v) is 14.6. The maximum atomic E-state index is 14.3. The summed E-state index contributed by atoms with van der Waals surface area (Å²) in [6, 6.07) is 16.7. The molecule has 3 aromatic rings. The van der Waals surface area contributed by atoms with Gasteiger partial charge in [-0.05, 0) is 37.1 Å². The van der Waals surface area contributed by atoms with Crippen molar-refractivity contribution in [2.24, 2.45) is 4.99 Å². The third-order valence-electron chi connectivity index (χ3n) is 4.34. The normalized spacial score (nSPS) is 18.0. The van der Waals surface area contributed by atoms with E-state index in [0.29, 0.717) is 12.1 Å². The summed E-state index contributed by atoms with van der Waals surface area (Å²) in [6.07, 6.45) is 2.27. The van der Waals surface area contributed by atoms with Crippen LogP contribution >= 0.6 is 11.3 Å². The minimum absolute atomic E-state index is 0.162. The monoisotopic (exact) mass is 354 g/mol. The Balaban J connectivity index is 1.82. The second kappa shape index (κ2) is 7.33. The quantitative estimate of drug-likeness (QED) is 0.663. The highest BCUT2D eigenvalue weighted by atomic mass is 32.1. The van der Waals surface area contributed by atoms with Gasteiger partial charge in [-0.25, -0.2) is 9.38 Å². The summed E-state index contributed by atoms with van der Waals surface area (Å²) in [7, 11) is 0. The second-order valence-electron chi connectivity index (χ2n) is 6.08. The molecule has 0 saturated carbocycles. The molecular weight excluding hydrogens is 335 g/mol. The molecule has 128 valence electrons. The van der Waals surface area contributed by atoms with Gasteiger partial charge in [0.05, 0.1) is 24.0 Å². The standard InChI is InChI=1S/C20H19FN2OS/c21-18-11-5-4-10-17(18)19-14-25-20(22-15-7-2-1-3-8-15)23(19)13-16-9-6-12-24-16/h1-5,7-8,10-11,14,16H,6,9,12-13H2. The fourth-order valence-electron chi connectivity index (χ4n) is 3.08. The van der Waals surface area contributed by atoms with Crippen molar-refractivity contribution in [2.75, 3.05) is 6.61 Å². The first kappa shape index (κ1) is 16.2. The molecule has 1 fully saturated rings. The van der Waals surface area contributed by atoms with Crippen LogP contribution in [0.1, 0.15) is 12.8 Å². The molecule has 0 aliphatic carbocycles. The van der Waals surface area contributed by atoms with E-state index in [9.17, 15) is 4.39 Å². The number of para-hydroxylation sites is 1. The largest absolute Gasteiger partial charge is 0.376 e. The van der Waals surface area contributed by atoms with E-state index >= 15 is 0 Å². The average molecular weight is 354 g/mol. The first-order valence-corrected chi connectivity index (χ1v) is 9.34. The van der Waals surface area contributed by atoms with Crippen molar-refractivity contribution in [2.45, 2.75) is 25.5 Å². The third-order valence-corrected chi connectivity index (χ3v) is 5.20. The Bertz CT molecular complexity index is 911. The molecule has 0 N–H and O–H groups in total. The van der Waals surface area contributed by atoms with Crippen LogP contribution in [0.15, 0.2) is 65.0 Å². The Hall–Kier alpha value is -2.24. The predicted octanol–water partition coefficient (Wildman–Crippen LogP) is 4.77. The van der Waals surface area contributed by atoms with Gasteiger partial charge in [-0.1, -0.05) is 30.3 Å². The molecule has 1 aliphatic rings. The zero-order valence-electron chi connectivity index (χ0n) is 13.8. The lowest BCUT2D eigenvalue weighted by Gasteiger charge is -2.14. The number of thiazole rings is 1. The number of ether oxygens (including phenoxy) is 1. The Morgan fingerprint density at radius 3 is 2.68 bits per heavy atom. The van der Waals surface area contributed by atoms with Crippen LogP contribution in [0.4, 0.5) is 10.1 Å². The van der Waals surface area contributed by atoms with Gasteiger partial charge in [-0.15, -0.1) is 11.3 Å². The van der Waals surface area contributed by atoms with E-state index in [1.165, 1.54) is 17.4 Å². The Kier molecular flexibility index (Phi) is 4.76. The van der Waals surface area contributed by atoms with Gasteiger partial charge >= 0.3 is 0 Å². The number of benzene rings is 2. The topological polar surface area (TPSA) is 26.5 Å². The van der Waals surface area contributed by atoms with Crippen molar-refractivity contribution in [3.8, 4) is 11.3 Å². The third kappa shape index (κ3) is 3.57. The SMILES string of the molecule is Fc1ccccc1-c1csc(=Nc2ccccc2)n1CC1CCCO1. The highest BCUT2D eigenvalue weighted by molar-refractivity contribution is 7.07. The molecule has 1 aromatic heterocycles. The maximum Gasteiger partial charge on any atom is 0.190 e. The van der Waals surface area contributed by atoms with Crippen LogP contribution in [0.5, 0.6) is 0 Å². The van der Waals surface area contributed by atoms with Crippen molar-refractivity contribution in [1.82, 2.24) is 4.57 Å². The van der Waals surface area contributed by atoms with Crippen LogP contribution in [0.3, 0.4) is 0 Å². The summed E-state index contributed by atoms with van der Waals surface area (Å²) in [5, 5.41) is 1.98. The molecule has 1 unspecified atom stereocenters. The lowest BCUT2D eigenvalue weighted by molar-refractivity contribution is 0.0967. The zero-order chi connectivity index (χ0) is 17.1. The minimum Gasteiger partial charge on any atom is -0.376 e. The number of nitrogens with zero attached hydrogens (tertiary/aromatic N) is 2. The van der Waals surface area contributed by atoms with Crippen LogP contribution in [0.25, 0.3) is 11.3 Å². The van der Waals surface area contributed by atoms with Crippen LogP contribution < -0.4 is 4.80 Å². The molecule has 25 heavy (non-hydrogen) atoms. The second-order valence-corrected chi connectivity index (χ2v) is 6.91. The summed E-state index contributed by atoms with van der Waals surface area (Å²) in [4.78, 5) is 5.62. The van der Waals surface area contributed by atoms with Gasteiger partial charge in [0, 0.05) is 17.6 Å². The first-order valence-electron chi connectivity index (χ1n) is 8.46. The predicted molar refractivity (Wildman–Crippen MR) is 98.3 cm³/mol. The average Bonchev–Trinajstić information content (AvgIpc) is 3.28. The summed E-state index contributed by atoms with van der Waals surface area (Å²) < 4.78 is 22.2. The van der Waals surface area contributed by atoms with Gasteiger partial charge in [0.15, 0.2) is 4.80 Å². The molecule has 1 saturated heterocycles. The highest BCUT2D eigenvalue weighted by Crippen LogP contribution is 2.25. The lowest BCUT2D eigenvalue weighted by atomic mass is 10.1. The van der Waals surface area contributed by atoms with Crippen molar-refractivity contribution in [1.29, 1.82) is 0 Å². The van der Waals surface area contributed by atoms with E-state index in [4.69, 9.17) is 9.73 Å². The number of halogens is 1. The molecule has 0 amide bonds. The highest BCUT2D eigenvalue weighted by Gasteiger charge is 2.20. The van der Waals surface area contributed by atoms with E-state index in [-0.39, 0.29) is 11.9 Å². The van der Waals surface area contributed by atoms with E-state index in [0.717, 1.165) is 35.6 Å². The van der Waals surface area contributed by atoms with Gasteiger partial charge < -0.3 is 9.30 Å². The van der Waals surface area contributed by atoms with Crippen LogP contribution in [0, 0.1) is 5.82 Å². The Labute approximate surface area is 150 Å². The maximum absolute atomic E-state index is 14.3. The van der Waals surface area contributed by atoms with E-state index < -0.39 is 0 Å². The van der Waals surface area contributed by atoms with Crippen molar-refractivity contribution in [3.63, 3.8) is 0 Å². The van der Waals surface area contributed by atoms with Crippen molar-refractivity contribution in [3.05, 3.63) is 70.6 Å². The molecule has 4 rings (SSSR count). The van der Waals surface area contributed by atoms with Crippen LogP contribution in [0.2, 0.25) is 0 Å². The molecule has 2 heterocycles. The van der Waals surface area contributed by atoms with Crippen molar-refractivity contribution >= 4 is 17.0 Å². The first-order chi connectivity index (χ1) is 12.3. The van der Waals surface area contributed by atoms with E-state index in [1.54, 1.807) is 6.07 Å². The van der Waals surface area contributed by atoms with E-state index in [1.807, 2.05) is 47.8 Å². The number of rotatable bonds is 4. The van der Waals surface area contributed by atoms with Gasteiger partial charge in [0.1, 0.15) is 5.82 Å². The molecule has 2 aromatic carbocycles. The fraction of sp³-hybridized carbons (Fsp3) is 0.250. The van der Waals surface area contributed by atoms with Crippen LogP contribution in [-0.4, -0.2) is 17.3 Å². The molecule has 0 bridgehead atoms. The molecule has 1 atom stereocenters. The molecule has 0 radical (unpaired) electrons. The molecule has 1 aliphatic heterocycles. The van der Waals surface area contributed by atoms with Crippen molar-refractivity contribution < 1.29 is 9.13 Å². The summed E-state index contributed by atoms with van der Waals surface area (Å²) in [5.74, 6) is -0.215. The smallest absolute Gasteiger partial charge is 0.190 e. The van der Waals surface area contributed by atoms with Gasteiger partial charge in [0.25, 0.3) is 0 Å². The van der Waals surface area contributed by atoms with Crippen LogP contribution in [-0.2, 0) is 11.3 Å². The van der Waals surface area contributed by atoms with Gasteiger partial charge in [0.2, 0.25) is 0 Å². The molecule has 3 nitrogen and oxygen atoms in total.